The van der Waals surface area contributed by atoms with Crippen molar-refractivity contribution < 1.29 is 9.53 Å². The minimum atomic E-state index is -0.512. The first-order valence-electron chi connectivity index (χ1n) is 7.08. The molecule has 1 amide bonds. The van der Waals surface area contributed by atoms with Crippen LogP contribution < -0.4 is 11.1 Å². The molecule has 6 heteroatoms. The number of anilines is 1. The van der Waals surface area contributed by atoms with Crippen molar-refractivity contribution in [3.63, 3.8) is 0 Å². The summed E-state index contributed by atoms with van der Waals surface area (Å²) in [7, 11) is 0. The molecule has 1 saturated heterocycles. The summed E-state index contributed by atoms with van der Waals surface area (Å²) in [6, 6.07) is 4.28. The third-order valence-corrected chi connectivity index (χ3v) is 3.78. The van der Waals surface area contributed by atoms with Gasteiger partial charge in [-0.25, -0.2) is 0 Å². The van der Waals surface area contributed by atoms with E-state index in [9.17, 15) is 4.79 Å². The minimum absolute atomic E-state index is 0.189. The molecule has 20 heavy (non-hydrogen) atoms. The Labute approximate surface area is 118 Å². The molecule has 1 aliphatic heterocycles. The Morgan fingerprint density at radius 3 is 3.15 bits per heavy atom. The van der Waals surface area contributed by atoms with Gasteiger partial charge in [0.05, 0.1) is 12.7 Å². The van der Waals surface area contributed by atoms with Crippen molar-refractivity contribution in [1.29, 1.82) is 0 Å². The van der Waals surface area contributed by atoms with E-state index in [1.165, 1.54) is 12.8 Å². The van der Waals surface area contributed by atoms with E-state index < -0.39 is 5.91 Å². The van der Waals surface area contributed by atoms with Crippen LogP contribution in [0.1, 0.15) is 23.3 Å². The highest BCUT2D eigenvalue weighted by molar-refractivity contribution is 5.91. The summed E-state index contributed by atoms with van der Waals surface area (Å²) in [5, 5.41) is 3.29. The molecular weight excluding hydrogens is 256 g/mol. The number of primary amides is 1. The second kappa shape index (κ2) is 5.76. The van der Waals surface area contributed by atoms with Gasteiger partial charge in [0.25, 0.3) is 5.91 Å². The molecule has 0 bridgehead atoms. The molecular formula is C14H20N4O2. The molecule has 1 aromatic rings. The highest BCUT2D eigenvalue weighted by Crippen LogP contribution is 2.28. The lowest BCUT2D eigenvalue weighted by Crippen LogP contribution is -2.46. The van der Waals surface area contributed by atoms with Crippen LogP contribution in [-0.4, -0.2) is 54.2 Å². The molecule has 2 aliphatic rings. The molecule has 0 radical (unpaired) electrons. The molecule has 1 saturated carbocycles. The van der Waals surface area contributed by atoms with Gasteiger partial charge in [-0.1, -0.05) is 0 Å². The number of carbonyl (C=O) groups excluding carboxylic acids is 1. The lowest BCUT2D eigenvalue weighted by Gasteiger charge is -2.33. The number of hydrogen-bond donors (Lipinski definition) is 2. The zero-order chi connectivity index (χ0) is 13.9. The first-order valence-corrected chi connectivity index (χ1v) is 7.08. The van der Waals surface area contributed by atoms with Crippen molar-refractivity contribution >= 4 is 11.6 Å². The topological polar surface area (TPSA) is 80.5 Å². The first-order chi connectivity index (χ1) is 9.72. The zero-order valence-corrected chi connectivity index (χ0v) is 11.4. The van der Waals surface area contributed by atoms with Gasteiger partial charge in [0, 0.05) is 37.6 Å². The number of nitrogens with two attached hydrogens (primary N) is 1. The third-order valence-electron chi connectivity index (χ3n) is 3.78. The quantitative estimate of drug-likeness (QED) is 0.816. The van der Waals surface area contributed by atoms with Gasteiger partial charge < -0.3 is 15.8 Å². The number of morpholine rings is 1. The second-order valence-corrected chi connectivity index (χ2v) is 5.39. The fourth-order valence-electron chi connectivity index (χ4n) is 2.54. The van der Waals surface area contributed by atoms with Crippen molar-refractivity contribution in [2.24, 2.45) is 5.73 Å². The molecule has 1 aromatic heterocycles. The summed E-state index contributed by atoms with van der Waals surface area (Å²) < 4.78 is 5.77. The smallest absolute Gasteiger partial charge is 0.267 e. The number of ether oxygens (including phenoxy) is 1. The molecule has 1 unspecified atom stereocenters. The summed E-state index contributed by atoms with van der Waals surface area (Å²) in [4.78, 5) is 17.5. The van der Waals surface area contributed by atoms with Crippen LogP contribution in [-0.2, 0) is 4.74 Å². The van der Waals surface area contributed by atoms with E-state index in [-0.39, 0.29) is 11.8 Å². The van der Waals surface area contributed by atoms with Gasteiger partial charge in [-0.2, -0.15) is 0 Å². The standard InChI is InChI=1S/C14H20N4O2/c15-14(19)13-7-10(3-4-16-13)17-8-12-9-18(5-6-20-12)11-1-2-11/h3-4,7,11-12H,1-2,5-6,8-9H2,(H2,15,19)(H,16,17). The van der Waals surface area contributed by atoms with Crippen LogP contribution in [0.25, 0.3) is 0 Å². The van der Waals surface area contributed by atoms with E-state index in [0.717, 1.165) is 38.0 Å². The van der Waals surface area contributed by atoms with Crippen molar-refractivity contribution in [2.75, 3.05) is 31.6 Å². The molecule has 3 rings (SSSR count). The number of aromatic nitrogens is 1. The van der Waals surface area contributed by atoms with Gasteiger partial charge in [0.15, 0.2) is 0 Å². The Morgan fingerprint density at radius 1 is 1.55 bits per heavy atom. The van der Waals surface area contributed by atoms with Gasteiger partial charge in [0.2, 0.25) is 0 Å². The van der Waals surface area contributed by atoms with Gasteiger partial charge in [0.1, 0.15) is 5.69 Å². The zero-order valence-electron chi connectivity index (χ0n) is 11.4. The monoisotopic (exact) mass is 276 g/mol. The predicted molar refractivity (Wildman–Crippen MR) is 75.6 cm³/mol. The number of amides is 1. The first kappa shape index (κ1) is 13.3. The number of rotatable bonds is 5. The summed E-state index contributed by atoms with van der Waals surface area (Å²) in [5.41, 5.74) is 6.34. The van der Waals surface area contributed by atoms with Gasteiger partial charge in [-0.3, -0.25) is 14.7 Å². The van der Waals surface area contributed by atoms with Crippen LogP contribution in [0.15, 0.2) is 18.3 Å². The highest BCUT2D eigenvalue weighted by Gasteiger charge is 2.32. The molecule has 1 aliphatic carbocycles. The third kappa shape index (κ3) is 3.26. The van der Waals surface area contributed by atoms with E-state index in [0.29, 0.717) is 0 Å². The average molecular weight is 276 g/mol. The van der Waals surface area contributed by atoms with Crippen molar-refractivity contribution in [3.8, 4) is 0 Å². The maximum absolute atomic E-state index is 11.1. The summed E-state index contributed by atoms with van der Waals surface area (Å²) in [5.74, 6) is -0.512. The van der Waals surface area contributed by atoms with E-state index >= 15 is 0 Å². The Kier molecular flexibility index (Phi) is 3.84. The molecule has 0 aromatic carbocycles. The Balaban J connectivity index is 1.53. The number of pyridine rings is 1. The van der Waals surface area contributed by atoms with Gasteiger partial charge in [-0.05, 0) is 25.0 Å². The summed E-state index contributed by atoms with van der Waals surface area (Å²) in [6.07, 6.45) is 4.43. The van der Waals surface area contributed by atoms with Crippen molar-refractivity contribution in [1.82, 2.24) is 9.88 Å². The fraction of sp³-hybridized carbons (Fsp3) is 0.571. The van der Waals surface area contributed by atoms with Crippen LogP contribution in [0.3, 0.4) is 0 Å². The SMILES string of the molecule is NC(=O)c1cc(NCC2CN(C3CC3)CCO2)ccn1. The molecule has 108 valence electrons. The summed E-state index contributed by atoms with van der Waals surface area (Å²) >= 11 is 0. The number of hydrogen-bond acceptors (Lipinski definition) is 5. The number of nitrogens with zero attached hydrogens (tertiary/aromatic N) is 2. The molecule has 2 fully saturated rings. The maximum Gasteiger partial charge on any atom is 0.267 e. The van der Waals surface area contributed by atoms with Gasteiger partial charge >= 0.3 is 0 Å². The van der Waals surface area contributed by atoms with Crippen LogP contribution in [0.2, 0.25) is 0 Å². The van der Waals surface area contributed by atoms with E-state index in [1.54, 1.807) is 12.3 Å². The average Bonchev–Trinajstić information content (AvgIpc) is 3.30. The second-order valence-electron chi connectivity index (χ2n) is 5.39. The lowest BCUT2D eigenvalue weighted by atomic mass is 10.2. The van der Waals surface area contributed by atoms with Crippen LogP contribution in [0.5, 0.6) is 0 Å². The molecule has 3 N–H and O–H groups in total. The summed E-state index contributed by atoms with van der Waals surface area (Å²) in [6.45, 7) is 3.55. The largest absolute Gasteiger partial charge is 0.382 e. The lowest BCUT2D eigenvalue weighted by molar-refractivity contribution is -0.0241. The minimum Gasteiger partial charge on any atom is -0.382 e. The highest BCUT2D eigenvalue weighted by atomic mass is 16.5. The molecule has 6 nitrogen and oxygen atoms in total. The normalized spacial score (nSPS) is 23.5. The van der Waals surface area contributed by atoms with Gasteiger partial charge in [-0.15, -0.1) is 0 Å². The van der Waals surface area contributed by atoms with Crippen LogP contribution in [0, 0.1) is 0 Å². The van der Waals surface area contributed by atoms with E-state index in [1.807, 2.05) is 6.07 Å². The Bertz CT molecular complexity index is 490. The van der Waals surface area contributed by atoms with Crippen molar-refractivity contribution in [2.45, 2.75) is 25.0 Å². The maximum atomic E-state index is 11.1. The van der Waals surface area contributed by atoms with Crippen LogP contribution in [0.4, 0.5) is 5.69 Å². The fourth-order valence-corrected chi connectivity index (χ4v) is 2.54. The van der Waals surface area contributed by atoms with E-state index in [4.69, 9.17) is 10.5 Å². The van der Waals surface area contributed by atoms with E-state index in [2.05, 4.69) is 15.2 Å². The van der Waals surface area contributed by atoms with Crippen molar-refractivity contribution in [3.05, 3.63) is 24.0 Å². The predicted octanol–water partition coefficient (Wildman–Crippen LogP) is 0.456. The molecule has 1 atom stereocenters. The molecule has 2 heterocycles. The number of nitrogens with one attached hydrogen (secondary N) is 1. The molecule has 0 spiro atoms. The number of carbonyl (C=O) groups is 1. The Morgan fingerprint density at radius 2 is 2.40 bits per heavy atom. The Hall–Kier alpha value is -1.66. The van der Waals surface area contributed by atoms with Crippen LogP contribution >= 0.6 is 0 Å².